The molecule has 0 bridgehead atoms. The third-order valence-electron chi connectivity index (χ3n) is 8.74. The van der Waals surface area contributed by atoms with Crippen LogP contribution in [0, 0.1) is 0 Å². The van der Waals surface area contributed by atoms with E-state index in [0.717, 1.165) is 56.6 Å². The van der Waals surface area contributed by atoms with E-state index in [-0.39, 0.29) is 10.8 Å². The molecule has 3 fully saturated rings. The Morgan fingerprint density at radius 1 is 0.923 bits per heavy atom. The van der Waals surface area contributed by atoms with Crippen molar-refractivity contribution in [3.63, 3.8) is 0 Å². The molecule has 0 atom stereocenters. The van der Waals surface area contributed by atoms with E-state index in [1.165, 1.54) is 0 Å². The lowest BCUT2D eigenvalue weighted by Crippen LogP contribution is -2.54. The number of methoxy groups -OCH3 is 1. The Balaban J connectivity index is 1.32. The molecule has 1 saturated carbocycles. The monoisotopic (exact) mass is 574 g/mol. The first-order chi connectivity index (χ1) is 18.8. The van der Waals surface area contributed by atoms with Gasteiger partial charge >= 0.3 is 0 Å². The van der Waals surface area contributed by atoms with Gasteiger partial charge in [-0.1, -0.05) is 43.5 Å². The highest BCUT2D eigenvalue weighted by atomic mass is 35.5. The zero-order valence-electron chi connectivity index (χ0n) is 22.9. The third kappa shape index (κ3) is 5.51. The predicted molar refractivity (Wildman–Crippen MR) is 154 cm³/mol. The minimum Gasteiger partial charge on any atom is -0.495 e. The number of ether oxygens (including phenoxy) is 1. The Hall–Kier alpha value is -2.33. The van der Waals surface area contributed by atoms with Crippen LogP contribution in [0.4, 0.5) is 5.69 Å². The van der Waals surface area contributed by atoms with Crippen molar-refractivity contribution in [2.75, 3.05) is 70.9 Å². The smallest absolute Gasteiger partial charge is 0.243 e. The van der Waals surface area contributed by atoms with E-state index < -0.39 is 15.4 Å². The molecule has 0 spiro atoms. The normalized spacial score (nSPS) is 20.8. The van der Waals surface area contributed by atoms with Gasteiger partial charge in [0, 0.05) is 57.4 Å². The van der Waals surface area contributed by atoms with Crippen LogP contribution in [0.25, 0.3) is 0 Å². The predicted octanol–water partition coefficient (Wildman–Crippen LogP) is 3.84. The lowest BCUT2D eigenvalue weighted by molar-refractivity contribution is -0.137. The second-order valence-electron chi connectivity index (χ2n) is 10.7. The molecule has 8 nitrogen and oxygen atoms in total. The molecule has 5 rings (SSSR count). The quantitative estimate of drug-likeness (QED) is 0.500. The molecule has 0 N–H and O–H groups in total. The fourth-order valence-electron chi connectivity index (χ4n) is 6.34. The summed E-state index contributed by atoms with van der Waals surface area (Å²) in [5.41, 5.74) is 1.32. The number of amides is 1. The summed E-state index contributed by atoms with van der Waals surface area (Å²) in [5.74, 6) is 0.828. The van der Waals surface area contributed by atoms with Crippen molar-refractivity contribution in [3.05, 3.63) is 53.1 Å². The van der Waals surface area contributed by atoms with Crippen molar-refractivity contribution in [1.29, 1.82) is 0 Å². The summed E-state index contributed by atoms with van der Waals surface area (Å²) in [6, 6.07) is 12.9. The number of piperazine rings is 2. The Morgan fingerprint density at radius 3 is 2.15 bits per heavy atom. The van der Waals surface area contributed by atoms with Crippen LogP contribution < -0.4 is 9.64 Å². The van der Waals surface area contributed by atoms with Gasteiger partial charge in [0.15, 0.2) is 0 Å². The molecule has 39 heavy (non-hydrogen) atoms. The van der Waals surface area contributed by atoms with Crippen molar-refractivity contribution >= 4 is 33.2 Å². The molecule has 1 amide bonds. The number of rotatable bonds is 7. The summed E-state index contributed by atoms with van der Waals surface area (Å²) < 4.78 is 34.2. The van der Waals surface area contributed by atoms with Crippen molar-refractivity contribution < 1.29 is 17.9 Å². The molecule has 0 unspecified atom stereocenters. The number of hydrogen-bond acceptors (Lipinski definition) is 6. The number of likely N-dealkylation sites (N-methyl/N-ethyl adjacent to an activating group) is 1. The molecule has 2 aromatic carbocycles. The Bertz CT molecular complexity index is 1260. The van der Waals surface area contributed by atoms with E-state index in [0.29, 0.717) is 50.0 Å². The number of hydrogen-bond donors (Lipinski definition) is 0. The molecule has 2 heterocycles. The van der Waals surface area contributed by atoms with E-state index in [1.807, 2.05) is 29.2 Å². The molecular formula is C29H39ClN4O4S. The standard InChI is InChI=1S/C29H39ClN4O4S/c1-3-31-14-20-34(21-15-31)39(36,37)25-10-11-27(38-2)26(22-25)32-16-18-33(19-17-32)28(35)29(12-4-5-13-29)23-6-8-24(30)9-7-23/h6-11,22H,3-5,12-21H2,1-2H3. The molecule has 212 valence electrons. The van der Waals surface area contributed by atoms with E-state index in [1.54, 1.807) is 29.6 Å². The third-order valence-corrected chi connectivity index (χ3v) is 10.9. The molecule has 10 heteroatoms. The molecule has 1 aliphatic carbocycles. The largest absolute Gasteiger partial charge is 0.495 e. The van der Waals surface area contributed by atoms with Crippen molar-refractivity contribution in [2.45, 2.75) is 42.9 Å². The van der Waals surface area contributed by atoms with E-state index in [9.17, 15) is 13.2 Å². The minimum absolute atomic E-state index is 0.191. The van der Waals surface area contributed by atoms with Crippen molar-refractivity contribution in [3.8, 4) is 5.75 Å². The Labute approximate surface area is 237 Å². The molecule has 2 aromatic rings. The highest BCUT2D eigenvalue weighted by Crippen LogP contribution is 2.43. The number of carbonyl (C=O) groups excluding carboxylic acids is 1. The summed E-state index contributed by atoms with van der Waals surface area (Å²) in [6.45, 7) is 7.86. The van der Waals surface area contributed by atoms with Crippen molar-refractivity contribution in [1.82, 2.24) is 14.1 Å². The van der Waals surface area contributed by atoms with Gasteiger partial charge in [-0.3, -0.25) is 4.79 Å². The van der Waals surface area contributed by atoms with Crippen LogP contribution in [0.5, 0.6) is 5.75 Å². The maximum Gasteiger partial charge on any atom is 0.243 e. The number of nitrogens with zero attached hydrogens (tertiary/aromatic N) is 4. The zero-order valence-corrected chi connectivity index (χ0v) is 24.5. The molecule has 2 aliphatic heterocycles. The van der Waals surface area contributed by atoms with Gasteiger partial charge < -0.3 is 19.4 Å². The summed E-state index contributed by atoms with van der Waals surface area (Å²) >= 11 is 6.13. The topological polar surface area (TPSA) is 73.4 Å². The first-order valence-corrected chi connectivity index (χ1v) is 15.8. The highest BCUT2D eigenvalue weighted by molar-refractivity contribution is 7.89. The van der Waals surface area contributed by atoms with Gasteiger partial charge in [-0.15, -0.1) is 0 Å². The summed E-state index contributed by atoms with van der Waals surface area (Å²) in [7, 11) is -2.00. The second-order valence-corrected chi connectivity index (χ2v) is 13.1. The molecule has 2 saturated heterocycles. The summed E-state index contributed by atoms with van der Waals surface area (Å²) in [5, 5.41) is 0.675. The number of sulfonamides is 1. The van der Waals surface area contributed by atoms with E-state index >= 15 is 0 Å². The van der Waals surface area contributed by atoms with Gasteiger partial charge in [0.05, 0.1) is 23.1 Å². The van der Waals surface area contributed by atoms with Gasteiger partial charge in [-0.25, -0.2) is 8.42 Å². The van der Waals surface area contributed by atoms with Gasteiger partial charge in [-0.05, 0) is 55.3 Å². The van der Waals surface area contributed by atoms with Crippen LogP contribution in [0.15, 0.2) is 47.4 Å². The Kier molecular flexibility index (Phi) is 8.42. The van der Waals surface area contributed by atoms with Gasteiger partial charge in [-0.2, -0.15) is 4.31 Å². The number of anilines is 1. The van der Waals surface area contributed by atoms with Crippen LogP contribution in [0.1, 0.15) is 38.2 Å². The van der Waals surface area contributed by atoms with E-state index in [2.05, 4.69) is 16.7 Å². The SMILES string of the molecule is CCN1CCN(S(=O)(=O)c2ccc(OC)c(N3CCN(C(=O)C4(c5ccc(Cl)cc5)CCCC4)CC3)c2)CC1. The fraction of sp³-hybridized carbons (Fsp3) is 0.552. The van der Waals surface area contributed by atoms with Gasteiger partial charge in [0.25, 0.3) is 0 Å². The maximum atomic E-state index is 13.9. The lowest BCUT2D eigenvalue weighted by atomic mass is 9.77. The van der Waals surface area contributed by atoms with Crippen molar-refractivity contribution in [2.24, 2.45) is 0 Å². The van der Waals surface area contributed by atoms with Crippen LogP contribution in [-0.4, -0.2) is 94.4 Å². The number of benzene rings is 2. The number of carbonyl (C=O) groups is 1. The van der Waals surface area contributed by atoms with Crippen LogP contribution in [0.3, 0.4) is 0 Å². The summed E-state index contributed by atoms with van der Waals surface area (Å²) in [6.07, 6.45) is 3.79. The Morgan fingerprint density at radius 2 is 1.56 bits per heavy atom. The van der Waals surface area contributed by atoms with Gasteiger partial charge in [0.2, 0.25) is 15.9 Å². The first kappa shape index (κ1) is 28.2. The molecule has 0 radical (unpaired) electrons. The van der Waals surface area contributed by atoms with Crippen LogP contribution in [-0.2, 0) is 20.2 Å². The summed E-state index contributed by atoms with van der Waals surface area (Å²) in [4.78, 5) is 20.6. The average molecular weight is 575 g/mol. The molecule has 3 aliphatic rings. The van der Waals surface area contributed by atoms with Crippen LogP contribution >= 0.6 is 11.6 Å². The lowest BCUT2D eigenvalue weighted by Gasteiger charge is -2.41. The zero-order chi connectivity index (χ0) is 27.6. The molecule has 0 aromatic heterocycles. The van der Waals surface area contributed by atoms with Gasteiger partial charge in [0.1, 0.15) is 5.75 Å². The minimum atomic E-state index is -3.61. The molecular weight excluding hydrogens is 536 g/mol. The first-order valence-electron chi connectivity index (χ1n) is 14.0. The number of halogens is 1. The average Bonchev–Trinajstić information content (AvgIpc) is 3.48. The maximum absolute atomic E-state index is 13.9. The fourth-order valence-corrected chi connectivity index (χ4v) is 7.91. The van der Waals surface area contributed by atoms with E-state index in [4.69, 9.17) is 16.3 Å². The van der Waals surface area contributed by atoms with Crippen LogP contribution in [0.2, 0.25) is 5.02 Å². The second kappa shape index (κ2) is 11.6. The highest BCUT2D eigenvalue weighted by Gasteiger charge is 2.45.